The molecular weight excluding hydrogens is 440 g/mol. The number of carbonyl (C=O) groups is 1. The maximum Gasteiger partial charge on any atom is 0.256 e. The van der Waals surface area contributed by atoms with Crippen molar-refractivity contribution in [2.24, 2.45) is 0 Å². The highest BCUT2D eigenvalue weighted by Gasteiger charge is 2.15. The van der Waals surface area contributed by atoms with E-state index in [-0.39, 0.29) is 19.1 Å². The lowest BCUT2D eigenvalue weighted by molar-refractivity contribution is 0.0941. The number of nitrogens with one attached hydrogen (secondary N) is 1. The molecule has 0 unspecified atom stereocenters. The molecule has 34 heavy (non-hydrogen) atoms. The summed E-state index contributed by atoms with van der Waals surface area (Å²) in [5.41, 5.74) is 1.68. The Balaban J connectivity index is 1.43. The largest absolute Gasteiger partial charge is 0.493 e. The molecule has 1 aromatic carbocycles. The molecule has 1 amide bonds. The van der Waals surface area contributed by atoms with Crippen LogP contribution in [0.3, 0.4) is 0 Å². The van der Waals surface area contributed by atoms with Gasteiger partial charge in [-0.25, -0.2) is 4.98 Å². The Morgan fingerprint density at radius 2 is 1.88 bits per heavy atom. The van der Waals surface area contributed by atoms with Crippen LogP contribution >= 0.6 is 0 Å². The number of rotatable bonds is 10. The average Bonchev–Trinajstić information content (AvgIpc) is 3.30. The number of hydrogen-bond acceptors (Lipinski definition) is 9. The van der Waals surface area contributed by atoms with Crippen molar-refractivity contribution in [2.75, 3.05) is 34.0 Å². The van der Waals surface area contributed by atoms with Gasteiger partial charge in [-0.1, -0.05) is 0 Å². The fourth-order valence-electron chi connectivity index (χ4n) is 3.24. The summed E-state index contributed by atoms with van der Waals surface area (Å²) in [5.74, 6) is 2.07. The van der Waals surface area contributed by atoms with Gasteiger partial charge in [0.2, 0.25) is 11.8 Å². The molecule has 0 saturated heterocycles. The number of pyridine rings is 1. The molecule has 0 spiro atoms. The summed E-state index contributed by atoms with van der Waals surface area (Å²) in [6.07, 6.45) is 1.58. The summed E-state index contributed by atoms with van der Waals surface area (Å²) in [5, 5.41) is 15.7. The molecule has 4 aromatic rings. The Bertz CT molecular complexity index is 1290. The van der Waals surface area contributed by atoms with Crippen molar-refractivity contribution in [1.82, 2.24) is 30.1 Å². The summed E-state index contributed by atoms with van der Waals surface area (Å²) in [6.45, 7) is 2.73. The van der Waals surface area contributed by atoms with Gasteiger partial charge in [0.25, 0.3) is 5.91 Å². The molecule has 0 bridgehead atoms. The number of nitrogens with zero attached hydrogens (tertiary/aromatic N) is 5. The summed E-state index contributed by atoms with van der Waals surface area (Å²) in [7, 11) is 3.14. The number of methoxy groups -OCH3 is 2. The van der Waals surface area contributed by atoms with Crippen LogP contribution in [-0.4, -0.2) is 64.7 Å². The Morgan fingerprint density at radius 3 is 2.68 bits per heavy atom. The average molecular weight is 464 g/mol. The summed E-state index contributed by atoms with van der Waals surface area (Å²) >= 11 is 0. The van der Waals surface area contributed by atoms with Crippen LogP contribution in [0.15, 0.2) is 48.7 Å². The molecule has 0 atom stereocenters. The van der Waals surface area contributed by atoms with E-state index in [9.17, 15) is 4.79 Å². The third-order valence-electron chi connectivity index (χ3n) is 4.81. The van der Waals surface area contributed by atoms with Gasteiger partial charge in [-0.05, 0) is 43.3 Å². The fraction of sp³-hybridized carbons (Fsp3) is 0.261. The van der Waals surface area contributed by atoms with Crippen molar-refractivity contribution in [3.63, 3.8) is 0 Å². The zero-order valence-corrected chi connectivity index (χ0v) is 19.0. The number of carbonyl (C=O) groups excluding carboxylic acids is 1. The molecule has 3 heterocycles. The van der Waals surface area contributed by atoms with Gasteiger partial charge in [0.05, 0.1) is 27.4 Å². The minimum absolute atomic E-state index is 0.211. The number of hydrogen-bond donors (Lipinski definition) is 1. The molecule has 0 aliphatic rings. The highest BCUT2D eigenvalue weighted by molar-refractivity contribution is 5.96. The first-order valence-corrected chi connectivity index (χ1v) is 10.6. The van der Waals surface area contributed by atoms with E-state index in [4.69, 9.17) is 18.9 Å². The third kappa shape index (κ3) is 4.82. The Kier molecular flexibility index (Phi) is 7.01. The maximum atomic E-state index is 12.4. The summed E-state index contributed by atoms with van der Waals surface area (Å²) < 4.78 is 23.4. The lowest BCUT2D eigenvalue weighted by Gasteiger charge is -2.10. The third-order valence-corrected chi connectivity index (χ3v) is 4.81. The van der Waals surface area contributed by atoms with Gasteiger partial charge in [0.1, 0.15) is 12.2 Å². The Morgan fingerprint density at radius 1 is 1.03 bits per heavy atom. The SMILES string of the molecule is CCOc1ncccc1C(=O)NCCOc1ccc2nnc(-c3ccc(OC)c(OC)c3)n2n1. The molecule has 0 saturated carbocycles. The van der Waals surface area contributed by atoms with Crippen LogP contribution in [0.5, 0.6) is 23.3 Å². The molecule has 1 N–H and O–H groups in total. The van der Waals surface area contributed by atoms with Gasteiger partial charge in [0, 0.05) is 17.8 Å². The van der Waals surface area contributed by atoms with Crippen molar-refractivity contribution in [1.29, 1.82) is 0 Å². The monoisotopic (exact) mass is 464 g/mol. The molecule has 11 nitrogen and oxygen atoms in total. The zero-order chi connectivity index (χ0) is 23.9. The number of ether oxygens (including phenoxy) is 4. The van der Waals surface area contributed by atoms with Gasteiger partial charge in [0.15, 0.2) is 23.0 Å². The van der Waals surface area contributed by atoms with Crippen LogP contribution in [0.1, 0.15) is 17.3 Å². The fourth-order valence-corrected chi connectivity index (χ4v) is 3.24. The molecule has 0 aliphatic heterocycles. The normalized spacial score (nSPS) is 10.7. The van der Waals surface area contributed by atoms with E-state index in [0.29, 0.717) is 46.9 Å². The van der Waals surface area contributed by atoms with E-state index >= 15 is 0 Å². The molecule has 11 heteroatoms. The van der Waals surface area contributed by atoms with E-state index < -0.39 is 0 Å². The van der Waals surface area contributed by atoms with Crippen molar-refractivity contribution in [3.8, 4) is 34.6 Å². The molecule has 0 fully saturated rings. The highest BCUT2D eigenvalue weighted by Crippen LogP contribution is 2.31. The van der Waals surface area contributed by atoms with E-state index in [0.717, 1.165) is 5.56 Å². The molecule has 0 radical (unpaired) electrons. The lowest BCUT2D eigenvalue weighted by atomic mass is 10.2. The van der Waals surface area contributed by atoms with Crippen molar-refractivity contribution >= 4 is 11.6 Å². The van der Waals surface area contributed by atoms with E-state index in [1.54, 1.807) is 61.3 Å². The van der Waals surface area contributed by atoms with E-state index in [1.807, 2.05) is 13.0 Å². The molecular formula is C23H24N6O5. The summed E-state index contributed by atoms with van der Waals surface area (Å²) in [4.78, 5) is 16.5. The second-order valence-corrected chi connectivity index (χ2v) is 6.93. The maximum absolute atomic E-state index is 12.4. The smallest absolute Gasteiger partial charge is 0.256 e. The van der Waals surface area contributed by atoms with Crippen LogP contribution in [0.4, 0.5) is 0 Å². The van der Waals surface area contributed by atoms with E-state index in [1.165, 1.54) is 0 Å². The second kappa shape index (κ2) is 10.5. The molecule has 4 rings (SSSR count). The molecule has 176 valence electrons. The minimum atomic E-state index is -0.293. The van der Waals surface area contributed by atoms with Gasteiger partial charge >= 0.3 is 0 Å². The second-order valence-electron chi connectivity index (χ2n) is 6.93. The first-order chi connectivity index (χ1) is 16.6. The standard InChI is InChI=1S/C23H24N6O5/c1-4-33-23-16(6-5-11-25-23)22(30)24-12-13-34-20-10-9-19-26-27-21(29(19)28-20)15-7-8-17(31-2)18(14-15)32-3/h5-11,14H,4,12-13H2,1-3H3,(H,24,30). The minimum Gasteiger partial charge on any atom is -0.493 e. The highest BCUT2D eigenvalue weighted by atomic mass is 16.5. The molecule has 3 aromatic heterocycles. The van der Waals surface area contributed by atoms with Crippen LogP contribution in [-0.2, 0) is 0 Å². The predicted molar refractivity (Wildman–Crippen MR) is 123 cm³/mol. The first-order valence-electron chi connectivity index (χ1n) is 10.6. The predicted octanol–water partition coefficient (Wildman–Crippen LogP) is 2.41. The van der Waals surface area contributed by atoms with Crippen LogP contribution < -0.4 is 24.3 Å². The van der Waals surface area contributed by atoms with Gasteiger partial charge in [-0.2, -0.15) is 4.52 Å². The van der Waals surface area contributed by atoms with E-state index in [2.05, 4.69) is 25.6 Å². The van der Waals surface area contributed by atoms with Gasteiger partial charge in [-0.15, -0.1) is 15.3 Å². The van der Waals surface area contributed by atoms with Gasteiger partial charge in [-0.3, -0.25) is 4.79 Å². The van der Waals surface area contributed by atoms with Crippen LogP contribution in [0.2, 0.25) is 0 Å². The van der Waals surface area contributed by atoms with Gasteiger partial charge < -0.3 is 24.3 Å². The van der Waals surface area contributed by atoms with Crippen LogP contribution in [0.25, 0.3) is 17.0 Å². The van der Waals surface area contributed by atoms with Crippen molar-refractivity contribution in [2.45, 2.75) is 6.92 Å². The first kappa shape index (κ1) is 22.8. The van der Waals surface area contributed by atoms with Crippen molar-refractivity contribution < 1.29 is 23.7 Å². The van der Waals surface area contributed by atoms with Crippen molar-refractivity contribution in [3.05, 3.63) is 54.2 Å². The summed E-state index contributed by atoms with van der Waals surface area (Å²) in [6, 6.07) is 12.2. The number of aromatic nitrogens is 5. The Labute approximate surface area is 195 Å². The Hall–Kier alpha value is -4.41. The lowest BCUT2D eigenvalue weighted by Crippen LogP contribution is -2.28. The number of fused-ring (bicyclic) bond motifs is 1. The number of amides is 1. The molecule has 0 aliphatic carbocycles. The number of benzene rings is 1. The zero-order valence-electron chi connectivity index (χ0n) is 19.0. The van der Waals surface area contributed by atoms with Crippen LogP contribution in [0, 0.1) is 0 Å². The quantitative estimate of drug-likeness (QED) is 0.353. The topological polar surface area (TPSA) is 122 Å².